The summed E-state index contributed by atoms with van der Waals surface area (Å²) in [6, 6.07) is 0.480. The fourth-order valence-electron chi connectivity index (χ4n) is 4.20. The third-order valence-corrected chi connectivity index (χ3v) is 5.57. The monoisotopic (exact) mass is 345 g/mol. The van der Waals surface area contributed by atoms with Crippen LogP contribution >= 0.6 is 0 Å². The number of anilines is 1. The molecule has 3 aliphatic heterocycles. The lowest BCUT2D eigenvalue weighted by Crippen LogP contribution is -2.48. The van der Waals surface area contributed by atoms with Gasteiger partial charge in [0.1, 0.15) is 0 Å². The summed E-state index contributed by atoms with van der Waals surface area (Å²) < 4.78 is 6.16. The van der Waals surface area contributed by atoms with Gasteiger partial charge in [-0.15, -0.1) is 0 Å². The second-order valence-electron chi connectivity index (χ2n) is 7.60. The molecule has 4 rings (SSSR count). The number of amides is 2. The van der Waals surface area contributed by atoms with Crippen LogP contribution in [-0.2, 0) is 4.74 Å². The minimum absolute atomic E-state index is 0.190. The summed E-state index contributed by atoms with van der Waals surface area (Å²) in [4.78, 5) is 25.3. The van der Waals surface area contributed by atoms with Crippen LogP contribution in [-0.4, -0.2) is 70.2 Å². The molecular weight excluding hydrogens is 318 g/mol. The number of rotatable bonds is 2. The van der Waals surface area contributed by atoms with Gasteiger partial charge in [0.2, 0.25) is 5.95 Å². The first-order valence-corrected chi connectivity index (χ1v) is 9.37. The van der Waals surface area contributed by atoms with Crippen LogP contribution in [0.2, 0.25) is 0 Å². The van der Waals surface area contributed by atoms with Crippen LogP contribution < -0.4 is 5.32 Å². The Balaban J connectivity index is 1.37. The Hall–Kier alpha value is -1.89. The first-order valence-electron chi connectivity index (χ1n) is 9.37. The van der Waals surface area contributed by atoms with Gasteiger partial charge >= 0.3 is 6.03 Å². The number of urea groups is 1. The molecule has 2 amide bonds. The van der Waals surface area contributed by atoms with Gasteiger partial charge in [-0.1, -0.05) is 0 Å². The second kappa shape index (κ2) is 6.78. The Bertz CT molecular complexity index is 616. The van der Waals surface area contributed by atoms with Gasteiger partial charge in [-0.2, -0.15) is 0 Å². The molecule has 0 radical (unpaired) electrons. The van der Waals surface area contributed by atoms with E-state index in [-0.39, 0.29) is 11.6 Å². The summed E-state index contributed by atoms with van der Waals surface area (Å²) in [5.41, 5.74) is 0.844. The zero-order valence-electron chi connectivity index (χ0n) is 14.9. The average molecular weight is 345 g/mol. The van der Waals surface area contributed by atoms with E-state index in [1.807, 2.05) is 29.1 Å². The standard InChI is InChI=1S/C18H27N5O2/c1-14-11-19-16(20-12-14)21-15-4-9-25-18(10-15)5-8-23(13-18)17(24)22-6-2-3-7-22/h11-12,15H,2-10,13H2,1H3,(H,19,20,21)/t15-,18-/m1/s1. The highest BCUT2D eigenvalue weighted by Crippen LogP contribution is 2.35. The number of nitrogens with zero attached hydrogens (tertiary/aromatic N) is 4. The molecule has 0 aliphatic carbocycles. The summed E-state index contributed by atoms with van der Waals surface area (Å²) >= 11 is 0. The van der Waals surface area contributed by atoms with Crippen molar-refractivity contribution in [3.63, 3.8) is 0 Å². The Labute approximate surface area is 148 Å². The SMILES string of the molecule is Cc1cnc(N[C@@H]2CCO[C@]3(CCN(C(=O)N4CCCC4)C3)C2)nc1. The van der Waals surface area contributed by atoms with Crippen molar-refractivity contribution in [1.82, 2.24) is 19.8 Å². The smallest absolute Gasteiger partial charge is 0.320 e. The highest BCUT2D eigenvalue weighted by Gasteiger charge is 2.45. The quantitative estimate of drug-likeness (QED) is 0.888. The molecule has 0 unspecified atom stereocenters. The van der Waals surface area contributed by atoms with Crippen molar-refractivity contribution < 1.29 is 9.53 Å². The van der Waals surface area contributed by atoms with Crippen molar-refractivity contribution in [2.24, 2.45) is 0 Å². The number of carbonyl (C=O) groups is 1. The van der Waals surface area contributed by atoms with Crippen molar-refractivity contribution in [3.05, 3.63) is 18.0 Å². The summed E-state index contributed by atoms with van der Waals surface area (Å²) in [5, 5.41) is 3.44. The topological polar surface area (TPSA) is 70.6 Å². The van der Waals surface area contributed by atoms with Gasteiger partial charge in [0.25, 0.3) is 0 Å². The van der Waals surface area contributed by atoms with Gasteiger partial charge in [0.05, 0.1) is 12.1 Å². The Morgan fingerprint density at radius 2 is 2.00 bits per heavy atom. The van der Waals surface area contributed by atoms with E-state index in [0.717, 1.165) is 63.9 Å². The molecule has 7 nitrogen and oxygen atoms in total. The van der Waals surface area contributed by atoms with E-state index in [0.29, 0.717) is 18.5 Å². The molecular formula is C18H27N5O2. The maximum absolute atomic E-state index is 12.6. The van der Waals surface area contributed by atoms with Gasteiger partial charge in [-0.3, -0.25) is 0 Å². The minimum Gasteiger partial charge on any atom is -0.373 e. The van der Waals surface area contributed by atoms with Crippen LogP contribution in [0.5, 0.6) is 0 Å². The molecule has 1 spiro atoms. The summed E-state index contributed by atoms with van der Waals surface area (Å²) in [7, 11) is 0. The number of aryl methyl sites for hydroxylation is 1. The number of aromatic nitrogens is 2. The molecule has 0 bridgehead atoms. The minimum atomic E-state index is -0.212. The highest BCUT2D eigenvalue weighted by atomic mass is 16.5. The van der Waals surface area contributed by atoms with Crippen LogP contribution in [0.3, 0.4) is 0 Å². The predicted molar refractivity (Wildman–Crippen MR) is 94.5 cm³/mol. The molecule has 0 aromatic carbocycles. The molecule has 136 valence electrons. The summed E-state index contributed by atoms with van der Waals surface area (Å²) in [5.74, 6) is 0.677. The largest absolute Gasteiger partial charge is 0.373 e. The van der Waals surface area contributed by atoms with E-state index in [1.54, 1.807) is 0 Å². The number of nitrogens with one attached hydrogen (secondary N) is 1. The van der Waals surface area contributed by atoms with E-state index >= 15 is 0 Å². The number of hydrogen-bond acceptors (Lipinski definition) is 5. The lowest BCUT2D eigenvalue weighted by molar-refractivity contribution is -0.0720. The average Bonchev–Trinajstić information content (AvgIpc) is 3.27. The lowest BCUT2D eigenvalue weighted by atomic mass is 9.89. The van der Waals surface area contributed by atoms with E-state index in [2.05, 4.69) is 15.3 Å². The molecule has 3 fully saturated rings. The molecule has 1 aromatic rings. The van der Waals surface area contributed by atoms with Crippen LogP contribution in [0.1, 0.15) is 37.7 Å². The third-order valence-electron chi connectivity index (χ3n) is 5.57. The molecule has 3 aliphatic rings. The molecule has 1 aromatic heterocycles. The van der Waals surface area contributed by atoms with Crippen LogP contribution in [0.25, 0.3) is 0 Å². The normalized spacial score (nSPS) is 29.4. The second-order valence-corrected chi connectivity index (χ2v) is 7.60. The van der Waals surface area contributed by atoms with Crippen LogP contribution in [0.15, 0.2) is 12.4 Å². The van der Waals surface area contributed by atoms with Gasteiger partial charge in [0, 0.05) is 44.7 Å². The molecule has 0 saturated carbocycles. The molecule has 7 heteroatoms. The Morgan fingerprint density at radius 3 is 2.76 bits per heavy atom. The van der Waals surface area contributed by atoms with Crippen molar-refractivity contribution in [2.45, 2.75) is 50.7 Å². The van der Waals surface area contributed by atoms with Crippen molar-refractivity contribution in [1.29, 1.82) is 0 Å². The van der Waals surface area contributed by atoms with Crippen molar-refractivity contribution in [3.8, 4) is 0 Å². The number of likely N-dealkylation sites (tertiary alicyclic amines) is 2. The summed E-state index contributed by atoms with van der Waals surface area (Å²) in [6.07, 6.45) is 8.67. The van der Waals surface area contributed by atoms with Crippen molar-refractivity contribution >= 4 is 12.0 Å². The third kappa shape index (κ3) is 3.56. The summed E-state index contributed by atoms with van der Waals surface area (Å²) in [6.45, 7) is 6.00. The molecule has 1 N–H and O–H groups in total. The zero-order chi connectivity index (χ0) is 17.3. The highest BCUT2D eigenvalue weighted by molar-refractivity contribution is 5.75. The zero-order valence-corrected chi connectivity index (χ0v) is 14.9. The van der Waals surface area contributed by atoms with E-state index in [9.17, 15) is 4.79 Å². The molecule has 3 saturated heterocycles. The number of ether oxygens (including phenoxy) is 1. The molecule has 2 atom stereocenters. The maximum Gasteiger partial charge on any atom is 0.320 e. The number of carbonyl (C=O) groups excluding carboxylic acids is 1. The first kappa shape index (κ1) is 16.6. The van der Waals surface area contributed by atoms with Crippen LogP contribution in [0, 0.1) is 6.92 Å². The lowest BCUT2D eigenvalue weighted by Gasteiger charge is -2.38. The predicted octanol–water partition coefficient (Wildman–Crippen LogP) is 2.04. The molecule has 4 heterocycles. The van der Waals surface area contributed by atoms with Crippen LogP contribution in [0.4, 0.5) is 10.7 Å². The van der Waals surface area contributed by atoms with Gasteiger partial charge < -0.3 is 19.9 Å². The van der Waals surface area contributed by atoms with Gasteiger partial charge in [0.15, 0.2) is 0 Å². The maximum atomic E-state index is 12.6. The van der Waals surface area contributed by atoms with Gasteiger partial charge in [-0.05, 0) is 44.6 Å². The fourth-order valence-corrected chi connectivity index (χ4v) is 4.20. The molecule has 25 heavy (non-hydrogen) atoms. The van der Waals surface area contributed by atoms with E-state index in [1.165, 1.54) is 0 Å². The van der Waals surface area contributed by atoms with E-state index in [4.69, 9.17) is 4.74 Å². The van der Waals surface area contributed by atoms with Crippen molar-refractivity contribution in [2.75, 3.05) is 38.1 Å². The van der Waals surface area contributed by atoms with Gasteiger partial charge in [-0.25, -0.2) is 14.8 Å². The fraction of sp³-hybridized carbons (Fsp3) is 0.722. The number of hydrogen-bond donors (Lipinski definition) is 1. The first-order chi connectivity index (χ1) is 12.1. The Kier molecular flexibility index (Phi) is 4.50. The van der Waals surface area contributed by atoms with E-state index < -0.39 is 0 Å². The Morgan fingerprint density at radius 1 is 1.24 bits per heavy atom.